The highest BCUT2D eigenvalue weighted by Crippen LogP contribution is 2.19. The Labute approximate surface area is 155 Å². The third-order valence-electron chi connectivity index (χ3n) is 3.55. The Morgan fingerprint density at radius 1 is 1.15 bits per heavy atom. The molecule has 2 aromatic carbocycles. The zero-order chi connectivity index (χ0) is 18.5. The van der Waals surface area contributed by atoms with Crippen LogP contribution < -0.4 is 10.3 Å². The van der Waals surface area contributed by atoms with Crippen LogP contribution in [0, 0.1) is 0 Å². The largest absolute Gasteiger partial charge is 0.426 e. The van der Waals surface area contributed by atoms with Gasteiger partial charge in [-0.1, -0.05) is 54.2 Å². The summed E-state index contributed by atoms with van der Waals surface area (Å²) >= 11 is 1.18. The van der Waals surface area contributed by atoms with Crippen molar-refractivity contribution in [2.75, 3.05) is 5.75 Å². The lowest BCUT2D eigenvalue weighted by molar-refractivity contribution is -0.131. The van der Waals surface area contributed by atoms with E-state index in [4.69, 9.17) is 4.74 Å². The van der Waals surface area contributed by atoms with E-state index in [9.17, 15) is 9.59 Å². The zero-order valence-electron chi connectivity index (χ0n) is 14.3. The second-order valence-electron chi connectivity index (χ2n) is 5.84. The molecular formula is C20H18N2O3S. The minimum absolute atomic E-state index is 0.0515. The number of carbonyl (C=O) groups is 1. The monoisotopic (exact) mass is 366 g/mol. The summed E-state index contributed by atoms with van der Waals surface area (Å²) in [6.07, 6.45) is 0. The van der Waals surface area contributed by atoms with Crippen LogP contribution in [0.4, 0.5) is 0 Å². The van der Waals surface area contributed by atoms with Crippen molar-refractivity contribution in [3.05, 3.63) is 77.1 Å². The van der Waals surface area contributed by atoms with Crippen LogP contribution in [0.2, 0.25) is 0 Å². The molecular weight excluding hydrogens is 348 g/mol. The fourth-order valence-corrected chi connectivity index (χ4v) is 3.21. The molecule has 0 aliphatic rings. The van der Waals surface area contributed by atoms with E-state index < -0.39 is 5.97 Å². The number of esters is 1. The molecule has 0 bridgehead atoms. The van der Waals surface area contributed by atoms with Crippen LogP contribution in [-0.2, 0) is 11.3 Å². The van der Waals surface area contributed by atoms with Gasteiger partial charge in [-0.2, -0.15) is 0 Å². The van der Waals surface area contributed by atoms with Crippen LogP contribution in [0.1, 0.15) is 6.92 Å². The summed E-state index contributed by atoms with van der Waals surface area (Å²) in [5, 5.41) is 1.02. The summed E-state index contributed by atoms with van der Waals surface area (Å²) < 4.78 is 6.83. The van der Waals surface area contributed by atoms with E-state index in [1.807, 2.05) is 19.1 Å². The zero-order valence-corrected chi connectivity index (χ0v) is 15.2. The van der Waals surface area contributed by atoms with E-state index in [-0.39, 0.29) is 11.3 Å². The summed E-state index contributed by atoms with van der Waals surface area (Å²) in [5.74, 6) is 0.143. The van der Waals surface area contributed by atoms with Gasteiger partial charge in [-0.25, -0.2) is 4.98 Å². The van der Waals surface area contributed by atoms with Gasteiger partial charge in [-0.3, -0.25) is 14.2 Å². The molecule has 0 unspecified atom stereocenters. The Kier molecular flexibility index (Phi) is 5.53. The number of thioether (sulfide) groups is 1. The maximum absolute atomic E-state index is 12.8. The topological polar surface area (TPSA) is 61.2 Å². The lowest BCUT2D eigenvalue weighted by atomic mass is 10.2. The number of hydrogen-bond donors (Lipinski definition) is 0. The van der Waals surface area contributed by atoms with Gasteiger partial charge in [0.2, 0.25) is 0 Å². The van der Waals surface area contributed by atoms with E-state index in [0.29, 0.717) is 28.4 Å². The third-order valence-corrected chi connectivity index (χ3v) is 4.50. The summed E-state index contributed by atoms with van der Waals surface area (Å²) in [5.41, 5.74) is 1.30. The number of hydrogen-bond acceptors (Lipinski definition) is 5. The van der Waals surface area contributed by atoms with Crippen molar-refractivity contribution in [1.29, 1.82) is 0 Å². The average molecular weight is 366 g/mol. The first-order valence-electron chi connectivity index (χ1n) is 8.07. The molecule has 0 spiro atoms. The molecule has 6 heteroatoms. The van der Waals surface area contributed by atoms with E-state index >= 15 is 0 Å². The van der Waals surface area contributed by atoms with E-state index in [1.165, 1.54) is 11.8 Å². The van der Waals surface area contributed by atoms with Gasteiger partial charge >= 0.3 is 5.97 Å². The van der Waals surface area contributed by atoms with Crippen molar-refractivity contribution in [3.8, 4) is 5.75 Å². The minimum Gasteiger partial charge on any atom is -0.426 e. The lowest BCUT2D eigenvalue weighted by Gasteiger charge is -2.12. The molecule has 0 radical (unpaired) electrons. The molecule has 26 heavy (non-hydrogen) atoms. The maximum Gasteiger partial charge on any atom is 0.321 e. The molecule has 0 aliphatic heterocycles. The van der Waals surface area contributed by atoms with Gasteiger partial charge in [0.25, 0.3) is 5.56 Å². The Morgan fingerprint density at radius 2 is 1.85 bits per heavy atom. The van der Waals surface area contributed by atoms with Crippen molar-refractivity contribution >= 4 is 28.6 Å². The van der Waals surface area contributed by atoms with E-state index in [0.717, 1.165) is 5.57 Å². The maximum atomic E-state index is 12.8. The smallest absolute Gasteiger partial charge is 0.321 e. The van der Waals surface area contributed by atoms with Crippen molar-refractivity contribution in [2.45, 2.75) is 18.6 Å². The van der Waals surface area contributed by atoms with Crippen LogP contribution in [0.5, 0.6) is 5.75 Å². The predicted octanol–water partition coefficient (Wildman–Crippen LogP) is 3.67. The second-order valence-corrected chi connectivity index (χ2v) is 6.78. The van der Waals surface area contributed by atoms with Gasteiger partial charge < -0.3 is 4.74 Å². The minimum atomic E-state index is -0.398. The highest BCUT2D eigenvalue weighted by Gasteiger charge is 2.14. The van der Waals surface area contributed by atoms with Gasteiger partial charge in [0, 0.05) is 6.54 Å². The van der Waals surface area contributed by atoms with Crippen LogP contribution in [-0.4, -0.2) is 21.3 Å². The molecule has 3 aromatic rings. The SMILES string of the molecule is C=C(C)Cn1c(SCC(=O)Oc2ccccc2)nc2ccccc2c1=O. The van der Waals surface area contributed by atoms with Crippen LogP contribution >= 0.6 is 11.8 Å². The molecule has 132 valence electrons. The molecule has 3 rings (SSSR count). The summed E-state index contributed by atoms with van der Waals surface area (Å²) in [6.45, 7) is 6.08. The fraction of sp³-hybridized carbons (Fsp3) is 0.150. The number of nitrogens with zero attached hydrogens (tertiary/aromatic N) is 2. The van der Waals surface area contributed by atoms with E-state index in [1.54, 1.807) is 47.0 Å². The Bertz CT molecular complexity index is 1010. The molecule has 0 fully saturated rings. The number of rotatable bonds is 6. The molecule has 1 aromatic heterocycles. The fourth-order valence-electron chi connectivity index (χ4n) is 2.44. The quantitative estimate of drug-likeness (QED) is 0.219. The highest BCUT2D eigenvalue weighted by molar-refractivity contribution is 7.99. The highest BCUT2D eigenvalue weighted by atomic mass is 32.2. The first-order valence-corrected chi connectivity index (χ1v) is 9.05. The van der Waals surface area contributed by atoms with Gasteiger partial charge in [0.15, 0.2) is 5.16 Å². The van der Waals surface area contributed by atoms with Gasteiger partial charge in [0.05, 0.1) is 16.7 Å². The third kappa shape index (κ3) is 4.21. The number of carbonyl (C=O) groups excluding carboxylic acids is 1. The molecule has 0 amide bonds. The van der Waals surface area contributed by atoms with Crippen LogP contribution in [0.15, 0.2) is 76.7 Å². The first kappa shape index (κ1) is 17.9. The normalized spacial score (nSPS) is 10.7. The Hall–Kier alpha value is -2.86. The second kappa shape index (κ2) is 8.01. The number of benzene rings is 2. The van der Waals surface area contributed by atoms with Crippen LogP contribution in [0.25, 0.3) is 10.9 Å². The molecule has 0 N–H and O–H groups in total. The predicted molar refractivity (Wildman–Crippen MR) is 104 cm³/mol. The summed E-state index contributed by atoms with van der Waals surface area (Å²) in [7, 11) is 0. The Morgan fingerprint density at radius 3 is 2.58 bits per heavy atom. The molecule has 0 aliphatic carbocycles. The number of ether oxygens (including phenoxy) is 1. The molecule has 5 nitrogen and oxygen atoms in total. The standard InChI is InChI=1S/C20H18N2O3S/c1-14(2)12-22-19(24)16-10-6-7-11-17(16)21-20(22)26-13-18(23)25-15-8-4-3-5-9-15/h3-11H,1,12-13H2,2H3. The molecule has 0 atom stereocenters. The van der Waals surface area contributed by atoms with Crippen molar-refractivity contribution < 1.29 is 9.53 Å². The first-order chi connectivity index (χ1) is 12.5. The van der Waals surface area contributed by atoms with Gasteiger partial charge in [-0.15, -0.1) is 0 Å². The Balaban J connectivity index is 1.85. The number of aromatic nitrogens is 2. The number of fused-ring (bicyclic) bond motifs is 1. The number of allylic oxidation sites excluding steroid dienone is 1. The molecule has 0 saturated heterocycles. The average Bonchev–Trinajstić information content (AvgIpc) is 2.63. The van der Waals surface area contributed by atoms with Crippen molar-refractivity contribution in [3.63, 3.8) is 0 Å². The molecule has 0 saturated carbocycles. The summed E-state index contributed by atoms with van der Waals surface area (Å²) in [6, 6.07) is 16.0. The van der Waals surface area contributed by atoms with Crippen LogP contribution in [0.3, 0.4) is 0 Å². The van der Waals surface area contributed by atoms with Gasteiger partial charge in [-0.05, 0) is 31.2 Å². The molecule has 1 heterocycles. The number of para-hydroxylation sites is 2. The lowest BCUT2D eigenvalue weighted by Crippen LogP contribution is -2.24. The van der Waals surface area contributed by atoms with Crippen molar-refractivity contribution in [2.24, 2.45) is 0 Å². The summed E-state index contributed by atoms with van der Waals surface area (Å²) in [4.78, 5) is 29.4. The van der Waals surface area contributed by atoms with Crippen molar-refractivity contribution in [1.82, 2.24) is 9.55 Å². The van der Waals surface area contributed by atoms with E-state index in [2.05, 4.69) is 11.6 Å². The van der Waals surface area contributed by atoms with Gasteiger partial charge in [0.1, 0.15) is 5.75 Å².